The average molecular weight is 375 g/mol. The van der Waals surface area contributed by atoms with Crippen molar-refractivity contribution in [2.75, 3.05) is 13.7 Å². The van der Waals surface area contributed by atoms with Crippen molar-refractivity contribution in [2.45, 2.75) is 25.9 Å². The lowest BCUT2D eigenvalue weighted by molar-refractivity contribution is -0.116. The molecule has 0 bridgehead atoms. The van der Waals surface area contributed by atoms with Crippen molar-refractivity contribution in [1.82, 2.24) is 5.32 Å². The number of hydrogen-bond acceptors (Lipinski definition) is 3. The number of carbonyl (C=O) groups is 1. The summed E-state index contributed by atoms with van der Waals surface area (Å²) in [7, 11) is 1.36. The quantitative estimate of drug-likeness (QED) is 0.493. The van der Waals surface area contributed by atoms with Crippen LogP contribution in [0.15, 0.2) is 54.6 Å². The number of halogens is 2. The smallest absolute Gasteiger partial charge is 0.387 e. The third-order valence-corrected chi connectivity index (χ3v) is 3.88. The second-order valence-corrected chi connectivity index (χ2v) is 5.82. The Labute approximate surface area is 157 Å². The Balaban J connectivity index is 1.82. The van der Waals surface area contributed by atoms with E-state index in [1.807, 2.05) is 18.2 Å². The van der Waals surface area contributed by atoms with E-state index in [4.69, 9.17) is 4.74 Å². The molecule has 6 heteroatoms. The van der Waals surface area contributed by atoms with Gasteiger partial charge in [0, 0.05) is 18.2 Å². The van der Waals surface area contributed by atoms with Gasteiger partial charge in [-0.05, 0) is 37.0 Å². The number of aryl methyl sites for hydroxylation is 1. The number of amides is 1. The SMILES string of the molecule is COc1cccc(C=CC(=O)NCCCCc2ccccc2)c1OC(F)F. The van der Waals surface area contributed by atoms with Crippen molar-refractivity contribution in [3.63, 3.8) is 0 Å². The Kier molecular flexibility index (Phi) is 8.29. The number of carbonyl (C=O) groups excluding carboxylic acids is 1. The van der Waals surface area contributed by atoms with E-state index in [0.717, 1.165) is 19.3 Å². The summed E-state index contributed by atoms with van der Waals surface area (Å²) in [4.78, 5) is 11.9. The molecular weight excluding hydrogens is 352 g/mol. The fourth-order valence-electron chi connectivity index (χ4n) is 2.57. The minimum Gasteiger partial charge on any atom is -0.493 e. The molecular formula is C21H23F2NO3. The number of alkyl halides is 2. The number of hydrogen-bond donors (Lipinski definition) is 1. The number of unbranched alkanes of at least 4 members (excludes halogenated alkanes) is 1. The first kappa shape index (κ1) is 20.4. The number of benzene rings is 2. The van der Waals surface area contributed by atoms with Crippen molar-refractivity contribution in [3.8, 4) is 11.5 Å². The molecule has 0 radical (unpaired) electrons. The number of para-hydroxylation sites is 1. The van der Waals surface area contributed by atoms with Gasteiger partial charge in [-0.3, -0.25) is 4.79 Å². The van der Waals surface area contributed by atoms with Crippen LogP contribution in [0.25, 0.3) is 6.08 Å². The van der Waals surface area contributed by atoms with E-state index in [2.05, 4.69) is 22.2 Å². The number of methoxy groups -OCH3 is 1. The molecule has 0 saturated carbocycles. The van der Waals surface area contributed by atoms with E-state index in [-0.39, 0.29) is 17.4 Å². The zero-order valence-electron chi connectivity index (χ0n) is 15.2. The summed E-state index contributed by atoms with van der Waals surface area (Å²) in [6.45, 7) is -2.43. The minimum absolute atomic E-state index is 0.0955. The fraction of sp³-hybridized carbons (Fsp3) is 0.286. The summed E-state index contributed by atoms with van der Waals surface area (Å²) in [5.74, 6) is -0.207. The molecule has 0 aliphatic carbocycles. The van der Waals surface area contributed by atoms with Crippen LogP contribution in [0.1, 0.15) is 24.0 Å². The van der Waals surface area contributed by atoms with Gasteiger partial charge >= 0.3 is 6.61 Å². The van der Waals surface area contributed by atoms with E-state index in [0.29, 0.717) is 12.1 Å². The van der Waals surface area contributed by atoms with Gasteiger partial charge in [-0.15, -0.1) is 0 Å². The lowest BCUT2D eigenvalue weighted by atomic mass is 10.1. The summed E-state index contributed by atoms with van der Waals surface area (Å²) >= 11 is 0. The van der Waals surface area contributed by atoms with Crippen LogP contribution in [0.5, 0.6) is 11.5 Å². The highest BCUT2D eigenvalue weighted by atomic mass is 19.3. The summed E-state index contributed by atoms with van der Waals surface area (Å²) in [6, 6.07) is 14.9. The zero-order valence-corrected chi connectivity index (χ0v) is 15.2. The third kappa shape index (κ3) is 7.09. The van der Waals surface area contributed by atoms with Gasteiger partial charge in [-0.1, -0.05) is 42.5 Å². The van der Waals surface area contributed by atoms with Crippen LogP contribution >= 0.6 is 0 Å². The molecule has 0 atom stereocenters. The van der Waals surface area contributed by atoms with Gasteiger partial charge in [0.25, 0.3) is 0 Å². The molecule has 0 aromatic heterocycles. The van der Waals surface area contributed by atoms with E-state index in [9.17, 15) is 13.6 Å². The van der Waals surface area contributed by atoms with Crippen LogP contribution in [0.3, 0.4) is 0 Å². The first-order valence-corrected chi connectivity index (χ1v) is 8.72. The topological polar surface area (TPSA) is 47.6 Å². The number of nitrogens with one attached hydrogen (secondary N) is 1. The standard InChI is InChI=1S/C21H23F2NO3/c1-26-18-12-7-11-17(20(18)27-21(22)23)13-14-19(25)24-15-6-5-10-16-8-3-2-4-9-16/h2-4,7-9,11-14,21H,5-6,10,15H2,1H3,(H,24,25). The Morgan fingerprint density at radius 1 is 1.11 bits per heavy atom. The van der Waals surface area contributed by atoms with E-state index >= 15 is 0 Å². The molecule has 1 N–H and O–H groups in total. The van der Waals surface area contributed by atoms with Crippen molar-refractivity contribution in [1.29, 1.82) is 0 Å². The predicted octanol–water partition coefficient (Wildman–Crippen LogP) is 4.45. The van der Waals surface area contributed by atoms with Crippen LogP contribution in [-0.2, 0) is 11.2 Å². The molecule has 0 unspecified atom stereocenters. The first-order chi connectivity index (χ1) is 13.1. The molecule has 2 aromatic rings. The lowest BCUT2D eigenvalue weighted by Gasteiger charge is -2.12. The van der Waals surface area contributed by atoms with Gasteiger partial charge in [0.1, 0.15) is 0 Å². The second kappa shape index (κ2) is 11.0. The lowest BCUT2D eigenvalue weighted by Crippen LogP contribution is -2.22. The highest BCUT2D eigenvalue weighted by molar-refractivity contribution is 5.92. The molecule has 27 heavy (non-hydrogen) atoms. The third-order valence-electron chi connectivity index (χ3n) is 3.88. The Hall–Kier alpha value is -2.89. The molecule has 0 aliphatic heterocycles. The summed E-state index contributed by atoms with van der Waals surface area (Å²) in [5.41, 5.74) is 1.61. The van der Waals surface area contributed by atoms with E-state index in [1.54, 1.807) is 12.1 Å². The molecule has 1 amide bonds. The fourth-order valence-corrected chi connectivity index (χ4v) is 2.57. The molecule has 2 aromatic carbocycles. The molecule has 144 valence electrons. The molecule has 0 fully saturated rings. The van der Waals surface area contributed by atoms with Crippen LogP contribution in [0, 0.1) is 0 Å². The average Bonchev–Trinajstić information content (AvgIpc) is 2.67. The van der Waals surface area contributed by atoms with Gasteiger partial charge in [0.2, 0.25) is 5.91 Å². The monoisotopic (exact) mass is 375 g/mol. The van der Waals surface area contributed by atoms with E-state index < -0.39 is 6.61 Å². The largest absolute Gasteiger partial charge is 0.493 e. The molecule has 0 saturated heterocycles. The first-order valence-electron chi connectivity index (χ1n) is 8.72. The Morgan fingerprint density at radius 3 is 2.59 bits per heavy atom. The highest BCUT2D eigenvalue weighted by Gasteiger charge is 2.13. The van der Waals surface area contributed by atoms with Crippen molar-refractivity contribution in [2.24, 2.45) is 0 Å². The van der Waals surface area contributed by atoms with Gasteiger partial charge in [0.05, 0.1) is 7.11 Å². The summed E-state index contributed by atoms with van der Waals surface area (Å²) in [6.07, 6.45) is 5.51. The van der Waals surface area contributed by atoms with Crippen molar-refractivity contribution in [3.05, 3.63) is 65.7 Å². The minimum atomic E-state index is -2.98. The summed E-state index contributed by atoms with van der Waals surface area (Å²) < 4.78 is 34.7. The number of rotatable bonds is 10. The van der Waals surface area contributed by atoms with Gasteiger partial charge in [-0.2, -0.15) is 8.78 Å². The highest BCUT2D eigenvalue weighted by Crippen LogP contribution is 2.33. The van der Waals surface area contributed by atoms with Crippen molar-refractivity contribution >= 4 is 12.0 Å². The molecule has 2 rings (SSSR count). The predicted molar refractivity (Wildman–Crippen MR) is 101 cm³/mol. The van der Waals surface area contributed by atoms with Crippen molar-refractivity contribution < 1.29 is 23.0 Å². The molecule has 0 heterocycles. The van der Waals surface area contributed by atoms with Crippen LogP contribution < -0.4 is 14.8 Å². The Morgan fingerprint density at radius 2 is 1.89 bits per heavy atom. The normalized spacial score (nSPS) is 11.0. The Bertz CT molecular complexity index is 748. The number of ether oxygens (including phenoxy) is 2. The van der Waals surface area contributed by atoms with Gasteiger partial charge in [0.15, 0.2) is 11.5 Å². The van der Waals surface area contributed by atoms with Crippen LogP contribution in [-0.4, -0.2) is 26.2 Å². The molecule has 0 spiro atoms. The summed E-state index contributed by atoms with van der Waals surface area (Å²) in [5, 5.41) is 2.78. The second-order valence-electron chi connectivity index (χ2n) is 5.82. The maximum absolute atomic E-state index is 12.6. The maximum atomic E-state index is 12.6. The molecule has 4 nitrogen and oxygen atoms in total. The zero-order chi connectivity index (χ0) is 19.5. The molecule has 0 aliphatic rings. The van der Waals surface area contributed by atoms with Gasteiger partial charge < -0.3 is 14.8 Å². The van der Waals surface area contributed by atoms with Crippen LogP contribution in [0.2, 0.25) is 0 Å². The van der Waals surface area contributed by atoms with Crippen LogP contribution in [0.4, 0.5) is 8.78 Å². The maximum Gasteiger partial charge on any atom is 0.387 e. The van der Waals surface area contributed by atoms with Gasteiger partial charge in [-0.25, -0.2) is 0 Å². The van der Waals surface area contributed by atoms with E-state index in [1.165, 1.54) is 30.9 Å².